The quantitative estimate of drug-likeness (QED) is 0.736. The monoisotopic (exact) mass is 340 g/mol. The molecule has 4 aliphatic rings. The number of amides is 3. The van der Waals surface area contributed by atoms with Crippen LogP contribution < -0.4 is 20.9 Å². The van der Waals surface area contributed by atoms with Gasteiger partial charge in [-0.2, -0.15) is 0 Å². The lowest BCUT2D eigenvalue weighted by molar-refractivity contribution is -0.121. The minimum Gasteiger partial charge on any atom is -0.338 e. The van der Waals surface area contributed by atoms with Gasteiger partial charge in [0, 0.05) is 31.4 Å². The number of anilines is 2. The molecule has 6 nitrogen and oxygen atoms in total. The van der Waals surface area contributed by atoms with Gasteiger partial charge in [0.2, 0.25) is 5.91 Å². The molecule has 1 saturated heterocycles. The van der Waals surface area contributed by atoms with Gasteiger partial charge in [-0.15, -0.1) is 0 Å². The Morgan fingerprint density at radius 3 is 2.88 bits per heavy atom. The normalized spacial score (nSPS) is 26.4. The van der Waals surface area contributed by atoms with Crippen molar-refractivity contribution in [2.75, 3.05) is 29.9 Å². The summed E-state index contributed by atoms with van der Waals surface area (Å²) in [5, 5.41) is 9.29. The Morgan fingerprint density at radius 1 is 1.32 bits per heavy atom. The Kier molecular flexibility index (Phi) is 4.21. The molecule has 0 radical (unpaired) electrons. The number of hydrogen-bond donors (Lipinski definition) is 3. The highest BCUT2D eigenvalue weighted by atomic mass is 16.2. The van der Waals surface area contributed by atoms with Crippen molar-refractivity contribution in [2.45, 2.75) is 25.8 Å². The van der Waals surface area contributed by atoms with Gasteiger partial charge >= 0.3 is 6.03 Å². The van der Waals surface area contributed by atoms with Gasteiger partial charge in [-0.25, -0.2) is 4.79 Å². The second kappa shape index (κ2) is 6.52. The number of piperidine rings is 1. The Bertz CT molecular complexity index is 730. The summed E-state index contributed by atoms with van der Waals surface area (Å²) in [4.78, 5) is 26.6. The maximum Gasteiger partial charge on any atom is 0.321 e. The largest absolute Gasteiger partial charge is 0.338 e. The number of carbonyl (C=O) groups excluding carboxylic acids is 2. The third-order valence-electron chi connectivity index (χ3n) is 5.35. The summed E-state index contributed by atoms with van der Waals surface area (Å²) >= 11 is 0. The van der Waals surface area contributed by atoms with Gasteiger partial charge in [0.15, 0.2) is 0 Å². The molecule has 3 aliphatic heterocycles. The number of urea groups is 1. The highest BCUT2D eigenvalue weighted by Gasteiger charge is 2.36. The molecule has 1 fully saturated rings. The molecule has 25 heavy (non-hydrogen) atoms. The van der Waals surface area contributed by atoms with Crippen LogP contribution in [0.2, 0.25) is 0 Å². The smallest absolute Gasteiger partial charge is 0.321 e. The van der Waals surface area contributed by atoms with Crippen molar-refractivity contribution >= 4 is 23.3 Å². The van der Waals surface area contributed by atoms with Gasteiger partial charge in [-0.05, 0) is 43.4 Å². The van der Waals surface area contributed by atoms with E-state index in [1.54, 1.807) is 4.90 Å². The SMILES string of the molecule is CCNC(=O)N1CCc2ccc(NC(=O)C3CC4C=CC3NC4)cc21. The molecular formula is C19H24N4O2. The van der Waals surface area contributed by atoms with Crippen LogP contribution in [0.1, 0.15) is 18.9 Å². The van der Waals surface area contributed by atoms with Crippen molar-refractivity contribution in [1.82, 2.24) is 10.6 Å². The van der Waals surface area contributed by atoms with Crippen LogP contribution in [0.5, 0.6) is 0 Å². The zero-order chi connectivity index (χ0) is 17.4. The second-order valence-corrected chi connectivity index (χ2v) is 6.99. The van der Waals surface area contributed by atoms with Crippen LogP contribution in [0.4, 0.5) is 16.2 Å². The van der Waals surface area contributed by atoms with Gasteiger partial charge in [0.1, 0.15) is 0 Å². The number of carbonyl (C=O) groups is 2. The summed E-state index contributed by atoms with van der Waals surface area (Å²) in [5.74, 6) is 0.472. The van der Waals surface area contributed by atoms with E-state index < -0.39 is 0 Å². The summed E-state index contributed by atoms with van der Waals surface area (Å²) in [6.45, 7) is 4.16. The third-order valence-corrected chi connectivity index (χ3v) is 5.35. The van der Waals surface area contributed by atoms with Crippen LogP contribution in [0.15, 0.2) is 30.4 Å². The second-order valence-electron chi connectivity index (χ2n) is 6.99. The first-order chi connectivity index (χ1) is 12.2. The van der Waals surface area contributed by atoms with Crippen molar-refractivity contribution in [3.63, 3.8) is 0 Å². The zero-order valence-corrected chi connectivity index (χ0v) is 14.4. The molecule has 1 aromatic carbocycles. The van der Waals surface area contributed by atoms with Crippen LogP contribution in [0, 0.1) is 11.8 Å². The van der Waals surface area contributed by atoms with Crippen LogP contribution in [-0.2, 0) is 11.2 Å². The average molecular weight is 340 g/mol. The predicted octanol–water partition coefficient (Wildman–Crippen LogP) is 1.88. The zero-order valence-electron chi connectivity index (χ0n) is 14.4. The van der Waals surface area contributed by atoms with Gasteiger partial charge in [0.05, 0.1) is 11.6 Å². The minimum absolute atomic E-state index is 0.0310. The fourth-order valence-corrected chi connectivity index (χ4v) is 4.03. The van der Waals surface area contributed by atoms with E-state index >= 15 is 0 Å². The van der Waals surface area contributed by atoms with E-state index in [2.05, 4.69) is 28.1 Å². The van der Waals surface area contributed by atoms with Crippen molar-refractivity contribution < 1.29 is 9.59 Å². The molecule has 3 unspecified atom stereocenters. The van der Waals surface area contributed by atoms with Crippen LogP contribution >= 0.6 is 0 Å². The average Bonchev–Trinajstić information content (AvgIpc) is 3.06. The van der Waals surface area contributed by atoms with Crippen LogP contribution in [-0.4, -0.2) is 37.6 Å². The third kappa shape index (κ3) is 3.02. The van der Waals surface area contributed by atoms with Crippen molar-refractivity contribution in [3.8, 4) is 0 Å². The van der Waals surface area contributed by atoms with E-state index in [0.29, 0.717) is 19.0 Å². The van der Waals surface area contributed by atoms with Crippen molar-refractivity contribution in [3.05, 3.63) is 35.9 Å². The van der Waals surface area contributed by atoms with Crippen molar-refractivity contribution in [2.24, 2.45) is 11.8 Å². The molecule has 5 rings (SSSR count). The summed E-state index contributed by atoms with van der Waals surface area (Å²) in [6.07, 6.45) is 6.07. The molecule has 3 atom stereocenters. The van der Waals surface area contributed by atoms with E-state index in [0.717, 1.165) is 36.3 Å². The maximum atomic E-state index is 12.7. The topological polar surface area (TPSA) is 73.5 Å². The summed E-state index contributed by atoms with van der Waals surface area (Å²) in [6, 6.07) is 5.91. The molecule has 0 aromatic heterocycles. The number of fused-ring (bicyclic) bond motifs is 3. The predicted molar refractivity (Wildman–Crippen MR) is 97.7 cm³/mol. The lowest BCUT2D eigenvalue weighted by Crippen LogP contribution is -2.51. The first-order valence-corrected chi connectivity index (χ1v) is 9.06. The molecule has 3 amide bonds. The van der Waals surface area contributed by atoms with Gasteiger partial charge in [-0.3, -0.25) is 9.69 Å². The number of nitrogens with zero attached hydrogens (tertiary/aromatic N) is 1. The molecule has 3 heterocycles. The fourth-order valence-electron chi connectivity index (χ4n) is 4.03. The summed E-state index contributed by atoms with van der Waals surface area (Å²) in [7, 11) is 0. The first-order valence-electron chi connectivity index (χ1n) is 9.06. The Balaban J connectivity index is 1.49. The standard InChI is InChI=1S/C19H24N4O2/c1-2-20-19(25)23-8-7-13-4-5-14(10-17(13)23)22-18(24)15-9-12-3-6-16(15)21-11-12/h3-6,10,12,15-16,21H,2,7-9,11H2,1H3,(H,20,25)(H,22,24). The molecule has 0 spiro atoms. The number of nitrogens with one attached hydrogen (secondary N) is 3. The summed E-state index contributed by atoms with van der Waals surface area (Å²) in [5.41, 5.74) is 2.79. The lowest BCUT2D eigenvalue weighted by atomic mass is 9.78. The number of rotatable bonds is 3. The molecule has 2 bridgehead atoms. The number of benzene rings is 1. The Labute approximate surface area is 147 Å². The van der Waals surface area contributed by atoms with E-state index in [4.69, 9.17) is 0 Å². The molecule has 1 aromatic rings. The van der Waals surface area contributed by atoms with Crippen LogP contribution in [0.3, 0.4) is 0 Å². The van der Waals surface area contributed by atoms with Gasteiger partial charge in [0.25, 0.3) is 0 Å². The molecule has 132 valence electrons. The molecule has 3 N–H and O–H groups in total. The first kappa shape index (κ1) is 16.1. The van der Waals surface area contributed by atoms with E-state index in [9.17, 15) is 9.59 Å². The molecule has 1 aliphatic carbocycles. The minimum atomic E-state index is -0.0799. The Morgan fingerprint density at radius 2 is 2.20 bits per heavy atom. The molecule has 0 saturated carbocycles. The maximum absolute atomic E-state index is 12.7. The Hall–Kier alpha value is -2.34. The van der Waals surface area contributed by atoms with E-state index in [1.807, 2.05) is 25.1 Å². The molecule has 6 heteroatoms. The van der Waals surface area contributed by atoms with Gasteiger partial charge < -0.3 is 16.0 Å². The van der Waals surface area contributed by atoms with E-state index in [-0.39, 0.29) is 23.9 Å². The lowest BCUT2D eigenvalue weighted by Gasteiger charge is -2.38. The number of hydrogen-bond acceptors (Lipinski definition) is 3. The van der Waals surface area contributed by atoms with Crippen molar-refractivity contribution in [1.29, 1.82) is 0 Å². The van der Waals surface area contributed by atoms with Crippen LogP contribution in [0.25, 0.3) is 0 Å². The van der Waals surface area contributed by atoms with Gasteiger partial charge in [-0.1, -0.05) is 18.2 Å². The highest BCUT2D eigenvalue weighted by molar-refractivity contribution is 5.97. The van der Waals surface area contributed by atoms with E-state index in [1.165, 1.54) is 0 Å². The highest BCUT2D eigenvalue weighted by Crippen LogP contribution is 2.33. The summed E-state index contributed by atoms with van der Waals surface area (Å²) < 4.78 is 0. The molecular weight excluding hydrogens is 316 g/mol. The fraction of sp³-hybridized carbons (Fsp3) is 0.474.